The third kappa shape index (κ3) is 3.92. The molecule has 2 heterocycles. The summed E-state index contributed by atoms with van der Waals surface area (Å²) in [4.78, 5) is 6.33. The lowest BCUT2D eigenvalue weighted by Gasteiger charge is -2.11. The molecular weight excluding hydrogens is 258 g/mol. The van der Waals surface area contributed by atoms with Gasteiger partial charge < -0.3 is 14.6 Å². The number of nitrogens with one attached hydrogen (secondary N) is 1. The van der Waals surface area contributed by atoms with Crippen LogP contribution in [0.25, 0.3) is 0 Å². The summed E-state index contributed by atoms with van der Waals surface area (Å²) >= 11 is 1.76. The molecule has 4 nitrogen and oxygen atoms in total. The van der Waals surface area contributed by atoms with Crippen molar-refractivity contribution >= 4 is 23.3 Å². The molecule has 0 aromatic carbocycles. The molecule has 2 aromatic rings. The van der Waals surface area contributed by atoms with Crippen molar-refractivity contribution in [3.05, 3.63) is 42.0 Å². The van der Waals surface area contributed by atoms with E-state index in [2.05, 4.69) is 16.6 Å². The number of rotatable bonds is 6. The number of pyridine rings is 1. The molecule has 0 bridgehead atoms. The van der Waals surface area contributed by atoms with Gasteiger partial charge in [-0.15, -0.1) is 0 Å². The maximum atomic E-state index is 5.70. The molecule has 0 aliphatic heterocycles. The normalized spacial score (nSPS) is 10.5. The largest absolute Gasteiger partial charge is 0.463 e. The fraction of sp³-hybridized carbons (Fsp3) is 0.357. The van der Waals surface area contributed by atoms with Crippen LogP contribution in [0.3, 0.4) is 0 Å². The second-order valence-electron chi connectivity index (χ2n) is 4.45. The zero-order chi connectivity index (χ0) is 13.7. The molecule has 0 spiro atoms. The minimum atomic E-state index is 0.678. The van der Waals surface area contributed by atoms with Gasteiger partial charge in [-0.1, -0.05) is 0 Å². The van der Waals surface area contributed by atoms with E-state index in [-0.39, 0.29) is 0 Å². The van der Waals surface area contributed by atoms with Gasteiger partial charge >= 0.3 is 0 Å². The van der Waals surface area contributed by atoms with Crippen LogP contribution < -0.4 is 10.2 Å². The Bertz CT molecular complexity index is 508. The topological polar surface area (TPSA) is 41.3 Å². The highest BCUT2D eigenvalue weighted by atomic mass is 32.2. The van der Waals surface area contributed by atoms with Crippen LogP contribution in [-0.2, 0) is 12.3 Å². The van der Waals surface area contributed by atoms with Crippen molar-refractivity contribution < 1.29 is 4.42 Å². The predicted molar refractivity (Wildman–Crippen MR) is 81.8 cm³/mol. The minimum absolute atomic E-state index is 0.678. The van der Waals surface area contributed by atoms with Crippen molar-refractivity contribution in [2.24, 2.45) is 0 Å². The van der Waals surface area contributed by atoms with Gasteiger partial charge in [0.05, 0.1) is 24.2 Å². The second kappa shape index (κ2) is 6.52. The van der Waals surface area contributed by atoms with E-state index in [0.717, 1.165) is 28.8 Å². The summed E-state index contributed by atoms with van der Waals surface area (Å²) in [5, 5.41) is 3.30. The lowest BCUT2D eigenvalue weighted by atomic mass is 10.3. The first kappa shape index (κ1) is 13.8. The van der Waals surface area contributed by atoms with Gasteiger partial charge in [0.25, 0.3) is 0 Å². The first-order valence-electron chi connectivity index (χ1n) is 6.13. The van der Waals surface area contributed by atoms with Crippen molar-refractivity contribution in [1.29, 1.82) is 0 Å². The zero-order valence-electron chi connectivity index (χ0n) is 11.5. The van der Waals surface area contributed by atoms with E-state index >= 15 is 0 Å². The number of hydrogen-bond donors (Lipinski definition) is 1. The van der Waals surface area contributed by atoms with Crippen LogP contribution in [0.5, 0.6) is 0 Å². The SMILES string of the molecule is CSCc1ccc(CNc2ccc(N(C)C)nc2)o1. The van der Waals surface area contributed by atoms with E-state index in [1.807, 2.05) is 49.5 Å². The molecule has 2 rings (SSSR count). The first-order valence-corrected chi connectivity index (χ1v) is 7.52. The number of nitrogens with zero attached hydrogens (tertiary/aromatic N) is 2. The van der Waals surface area contributed by atoms with Crippen LogP contribution in [0.4, 0.5) is 11.5 Å². The maximum absolute atomic E-state index is 5.70. The van der Waals surface area contributed by atoms with Crippen LogP contribution in [0.15, 0.2) is 34.9 Å². The first-order chi connectivity index (χ1) is 9.19. The van der Waals surface area contributed by atoms with Crippen molar-refractivity contribution in [2.45, 2.75) is 12.3 Å². The van der Waals surface area contributed by atoms with Gasteiger partial charge in [-0.05, 0) is 30.5 Å². The van der Waals surface area contributed by atoms with Crippen LogP contribution in [-0.4, -0.2) is 25.3 Å². The van der Waals surface area contributed by atoms with Crippen molar-refractivity contribution in [3.63, 3.8) is 0 Å². The predicted octanol–water partition coefficient (Wildman–Crippen LogP) is 3.22. The molecular formula is C14H19N3OS. The molecule has 2 aromatic heterocycles. The molecule has 19 heavy (non-hydrogen) atoms. The van der Waals surface area contributed by atoms with E-state index < -0.39 is 0 Å². The molecule has 0 radical (unpaired) electrons. The lowest BCUT2D eigenvalue weighted by molar-refractivity contribution is 0.487. The highest BCUT2D eigenvalue weighted by Gasteiger charge is 2.02. The molecule has 0 aliphatic carbocycles. The van der Waals surface area contributed by atoms with Crippen LogP contribution >= 0.6 is 11.8 Å². The lowest BCUT2D eigenvalue weighted by Crippen LogP contribution is -2.10. The quantitative estimate of drug-likeness (QED) is 0.878. The van der Waals surface area contributed by atoms with Crippen molar-refractivity contribution in [2.75, 3.05) is 30.6 Å². The number of anilines is 2. The smallest absolute Gasteiger partial charge is 0.128 e. The van der Waals surface area contributed by atoms with Crippen LogP contribution in [0.1, 0.15) is 11.5 Å². The van der Waals surface area contributed by atoms with Gasteiger partial charge in [0, 0.05) is 14.1 Å². The van der Waals surface area contributed by atoms with Gasteiger partial charge in [-0.25, -0.2) is 4.98 Å². The summed E-state index contributed by atoms with van der Waals surface area (Å²) in [6.45, 7) is 0.678. The summed E-state index contributed by atoms with van der Waals surface area (Å²) in [5.74, 6) is 3.83. The molecule has 0 saturated carbocycles. The second-order valence-corrected chi connectivity index (χ2v) is 5.32. The highest BCUT2D eigenvalue weighted by molar-refractivity contribution is 7.97. The third-order valence-corrected chi connectivity index (χ3v) is 3.25. The van der Waals surface area contributed by atoms with E-state index in [1.54, 1.807) is 11.8 Å². The molecule has 0 saturated heterocycles. The molecule has 1 N–H and O–H groups in total. The molecule has 0 fully saturated rings. The minimum Gasteiger partial charge on any atom is -0.463 e. The Morgan fingerprint density at radius 1 is 1.21 bits per heavy atom. The van der Waals surface area contributed by atoms with Crippen molar-refractivity contribution in [1.82, 2.24) is 4.98 Å². The Morgan fingerprint density at radius 2 is 2.00 bits per heavy atom. The number of furan rings is 1. The molecule has 0 atom stereocenters. The van der Waals surface area contributed by atoms with Crippen LogP contribution in [0, 0.1) is 0 Å². The highest BCUT2D eigenvalue weighted by Crippen LogP contribution is 2.16. The van der Waals surface area contributed by atoms with Crippen molar-refractivity contribution in [3.8, 4) is 0 Å². The summed E-state index contributed by atoms with van der Waals surface area (Å²) in [6, 6.07) is 8.05. The summed E-state index contributed by atoms with van der Waals surface area (Å²) in [7, 11) is 3.96. The molecule has 0 amide bonds. The third-order valence-electron chi connectivity index (χ3n) is 2.68. The van der Waals surface area contributed by atoms with Gasteiger partial charge in [0.2, 0.25) is 0 Å². The monoisotopic (exact) mass is 277 g/mol. The fourth-order valence-corrected chi connectivity index (χ4v) is 2.12. The van der Waals surface area contributed by atoms with Gasteiger partial charge in [0.15, 0.2) is 0 Å². The van der Waals surface area contributed by atoms with Gasteiger partial charge in [-0.2, -0.15) is 11.8 Å². The van der Waals surface area contributed by atoms with E-state index in [4.69, 9.17) is 4.42 Å². The Balaban J connectivity index is 1.90. The van der Waals surface area contributed by atoms with E-state index in [9.17, 15) is 0 Å². The maximum Gasteiger partial charge on any atom is 0.128 e. The zero-order valence-corrected chi connectivity index (χ0v) is 12.3. The van der Waals surface area contributed by atoms with Gasteiger partial charge in [-0.3, -0.25) is 0 Å². The Hall–Kier alpha value is -1.62. The average molecular weight is 277 g/mol. The Morgan fingerprint density at radius 3 is 2.63 bits per heavy atom. The van der Waals surface area contributed by atoms with Crippen LogP contribution in [0.2, 0.25) is 0 Å². The molecule has 0 aliphatic rings. The summed E-state index contributed by atoms with van der Waals surface area (Å²) < 4.78 is 5.70. The summed E-state index contributed by atoms with van der Waals surface area (Å²) in [5.41, 5.74) is 0.994. The number of hydrogen-bond acceptors (Lipinski definition) is 5. The summed E-state index contributed by atoms with van der Waals surface area (Å²) in [6.07, 6.45) is 3.90. The fourth-order valence-electron chi connectivity index (χ4n) is 1.68. The number of aromatic nitrogens is 1. The van der Waals surface area contributed by atoms with E-state index in [0.29, 0.717) is 6.54 Å². The van der Waals surface area contributed by atoms with E-state index in [1.165, 1.54) is 0 Å². The van der Waals surface area contributed by atoms with Gasteiger partial charge in [0.1, 0.15) is 17.3 Å². The molecule has 5 heteroatoms. The standard InChI is InChI=1S/C14H19N3OS/c1-17(2)14-7-4-11(8-16-14)15-9-12-5-6-13(18-12)10-19-3/h4-8,15H,9-10H2,1-3H3. The Labute approximate surface area is 118 Å². The Kier molecular flexibility index (Phi) is 4.74. The molecule has 102 valence electrons. The number of thioether (sulfide) groups is 1. The molecule has 0 unspecified atom stereocenters. The average Bonchev–Trinajstić information content (AvgIpc) is 2.85.